The van der Waals surface area contributed by atoms with Crippen molar-refractivity contribution in [1.29, 1.82) is 0 Å². The number of imidazole rings is 1. The molecule has 0 spiro atoms. The first-order valence-electron chi connectivity index (χ1n) is 7.65. The van der Waals surface area contributed by atoms with Gasteiger partial charge in [0.25, 0.3) is 0 Å². The normalized spacial score (nSPS) is 22.3. The molecule has 0 amide bonds. The molecule has 2 nitrogen and oxygen atoms in total. The lowest BCUT2D eigenvalue weighted by atomic mass is 10.4. The van der Waals surface area contributed by atoms with Gasteiger partial charge in [-0.1, -0.05) is 33.6 Å². The smallest absolute Gasteiger partial charge is 0.0946 e. The molecule has 0 atom stereocenters. The second-order valence-electron chi connectivity index (χ2n) is 5.91. The van der Waals surface area contributed by atoms with E-state index in [1.165, 1.54) is 64.1 Å². The number of hydrogen-bond acceptors (Lipinski definition) is 1. The zero-order valence-corrected chi connectivity index (χ0v) is 12.2. The topological polar surface area (TPSA) is 17.8 Å². The maximum Gasteiger partial charge on any atom is 0.0946 e. The van der Waals surface area contributed by atoms with Crippen LogP contribution in [-0.2, 0) is 6.54 Å². The highest BCUT2D eigenvalue weighted by molar-refractivity contribution is 7.59. The number of hydrogen-bond donors (Lipinski definition) is 0. The highest BCUT2D eigenvalue weighted by Crippen LogP contribution is 2.56. The SMILES string of the molecule is c1cn(CCP(C2CCCC2)C2CCCC2)cn1. The van der Waals surface area contributed by atoms with Crippen LogP contribution in [0.1, 0.15) is 51.4 Å². The van der Waals surface area contributed by atoms with Gasteiger partial charge in [-0.2, -0.15) is 0 Å². The van der Waals surface area contributed by atoms with Crippen LogP contribution in [0.15, 0.2) is 18.7 Å². The fraction of sp³-hybridized carbons (Fsp3) is 0.800. The average molecular weight is 264 g/mol. The first kappa shape index (κ1) is 12.7. The maximum absolute atomic E-state index is 4.17. The molecule has 1 heterocycles. The maximum atomic E-state index is 4.17. The first-order valence-corrected chi connectivity index (χ1v) is 9.31. The van der Waals surface area contributed by atoms with Gasteiger partial charge < -0.3 is 4.57 Å². The quantitative estimate of drug-likeness (QED) is 0.727. The van der Waals surface area contributed by atoms with Crippen molar-refractivity contribution in [2.75, 3.05) is 6.16 Å². The molecule has 2 fully saturated rings. The Kier molecular flexibility index (Phi) is 4.36. The summed E-state index contributed by atoms with van der Waals surface area (Å²) in [6.07, 6.45) is 19.6. The van der Waals surface area contributed by atoms with E-state index >= 15 is 0 Å². The molecule has 0 aromatic carbocycles. The molecule has 1 aromatic heterocycles. The van der Waals surface area contributed by atoms with E-state index in [1.807, 2.05) is 12.5 Å². The zero-order valence-electron chi connectivity index (χ0n) is 11.3. The molecule has 0 radical (unpaired) electrons. The molecule has 0 bridgehead atoms. The van der Waals surface area contributed by atoms with Gasteiger partial charge >= 0.3 is 0 Å². The Balaban J connectivity index is 1.60. The van der Waals surface area contributed by atoms with Crippen LogP contribution in [0.4, 0.5) is 0 Å². The van der Waals surface area contributed by atoms with Crippen molar-refractivity contribution in [3.05, 3.63) is 18.7 Å². The lowest BCUT2D eigenvalue weighted by molar-refractivity contribution is 0.745. The lowest BCUT2D eigenvalue weighted by Gasteiger charge is -2.30. The van der Waals surface area contributed by atoms with Crippen molar-refractivity contribution in [1.82, 2.24) is 9.55 Å². The van der Waals surface area contributed by atoms with Gasteiger partial charge in [-0.15, -0.1) is 0 Å². The van der Waals surface area contributed by atoms with E-state index in [0.29, 0.717) is 0 Å². The largest absolute Gasteiger partial charge is 0.337 e. The van der Waals surface area contributed by atoms with E-state index in [0.717, 1.165) is 11.3 Å². The summed E-state index contributed by atoms with van der Waals surface area (Å²) in [6, 6.07) is 0. The van der Waals surface area contributed by atoms with Gasteiger partial charge in [0.2, 0.25) is 0 Å². The molecule has 1 aromatic rings. The predicted molar refractivity (Wildman–Crippen MR) is 78.5 cm³/mol. The van der Waals surface area contributed by atoms with Crippen molar-refractivity contribution in [3.63, 3.8) is 0 Å². The van der Waals surface area contributed by atoms with Gasteiger partial charge in [0.15, 0.2) is 0 Å². The minimum Gasteiger partial charge on any atom is -0.337 e. The summed E-state index contributed by atoms with van der Waals surface area (Å²) in [5.74, 6) is 0. The molecular formula is C15H25N2P. The Morgan fingerprint density at radius 2 is 1.61 bits per heavy atom. The van der Waals surface area contributed by atoms with Crippen LogP contribution in [0.5, 0.6) is 0 Å². The summed E-state index contributed by atoms with van der Waals surface area (Å²) in [6.45, 7) is 1.21. The minimum atomic E-state index is 0.284. The summed E-state index contributed by atoms with van der Waals surface area (Å²) in [5, 5.41) is 0. The highest BCUT2D eigenvalue weighted by Gasteiger charge is 2.32. The standard InChI is InChI=1S/C15H25N2P/c1-2-6-14(5-1)18(15-7-3-4-8-15)12-11-17-10-9-16-13-17/h9-10,13-15H,1-8,11-12H2. The average Bonchev–Trinajstić information content (AvgIpc) is 3.14. The van der Waals surface area contributed by atoms with Crippen molar-refractivity contribution in [3.8, 4) is 0 Å². The van der Waals surface area contributed by atoms with E-state index in [4.69, 9.17) is 0 Å². The molecule has 100 valence electrons. The molecular weight excluding hydrogens is 239 g/mol. The molecule has 2 aliphatic carbocycles. The third-order valence-electron chi connectivity index (χ3n) is 4.76. The van der Waals surface area contributed by atoms with Crippen LogP contribution in [0.2, 0.25) is 0 Å². The molecule has 18 heavy (non-hydrogen) atoms. The fourth-order valence-corrected chi connectivity index (χ4v) is 7.63. The van der Waals surface area contributed by atoms with Crippen LogP contribution in [0, 0.1) is 0 Å². The van der Waals surface area contributed by atoms with E-state index in [-0.39, 0.29) is 7.92 Å². The highest BCUT2D eigenvalue weighted by atomic mass is 31.1. The Morgan fingerprint density at radius 1 is 1.00 bits per heavy atom. The van der Waals surface area contributed by atoms with Crippen molar-refractivity contribution in [2.24, 2.45) is 0 Å². The van der Waals surface area contributed by atoms with Gasteiger partial charge in [-0.25, -0.2) is 4.98 Å². The van der Waals surface area contributed by atoms with Gasteiger partial charge in [0.1, 0.15) is 0 Å². The first-order chi connectivity index (χ1) is 8.93. The molecule has 0 aliphatic heterocycles. The fourth-order valence-electron chi connectivity index (χ4n) is 3.79. The predicted octanol–water partition coefficient (Wildman–Crippen LogP) is 4.25. The monoisotopic (exact) mass is 264 g/mol. The second-order valence-corrected chi connectivity index (χ2v) is 8.85. The van der Waals surface area contributed by atoms with Gasteiger partial charge in [0, 0.05) is 18.9 Å². The minimum absolute atomic E-state index is 0.284. The third kappa shape index (κ3) is 2.96. The van der Waals surface area contributed by atoms with E-state index in [9.17, 15) is 0 Å². The molecule has 3 heteroatoms. The van der Waals surface area contributed by atoms with Crippen molar-refractivity contribution >= 4 is 7.92 Å². The summed E-state index contributed by atoms with van der Waals surface area (Å²) in [4.78, 5) is 4.17. The van der Waals surface area contributed by atoms with Crippen molar-refractivity contribution < 1.29 is 0 Å². The van der Waals surface area contributed by atoms with E-state index in [1.54, 1.807) is 0 Å². The zero-order chi connectivity index (χ0) is 12.2. The Morgan fingerprint density at radius 3 is 2.11 bits per heavy atom. The second kappa shape index (κ2) is 6.19. The lowest BCUT2D eigenvalue weighted by Crippen LogP contribution is -2.15. The van der Waals surface area contributed by atoms with E-state index < -0.39 is 0 Å². The van der Waals surface area contributed by atoms with Crippen LogP contribution < -0.4 is 0 Å². The Labute approximate surface area is 112 Å². The van der Waals surface area contributed by atoms with Crippen molar-refractivity contribution in [2.45, 2.75) is 69.2 Å². The summed E-state index contributed by atoms with van der Waals surface area (Å²) >= 11 is 0. The van der Waals surface area contributed by atoms with Crippen LogP contribution >= 0.6 is 7.92 Å². The number of nitrogens with zero attached hydrogens (tertiary/aromatic N) is 2. The molecule has 0 unspecified atom stereocenters. The van der Waals surface area contributed by atoms with Crippen LogP contribution in [0.3, 0.4) is 0 Å². The van der Waals surface area contributed by atoms with Crippen LogP contribution in [-0.4, -0.2) is 27.0 Å². The number of rotatable bonds is 5. The van der Waals surface area contributed by atoms with Gasteiger partial charge in [-0.05, 0) is 43.2 Å². The third-order valence-corrected chi connectivity index (χ3v) is 8.39. The summed E-state index contributed by atoms with van der Waals surface area (Å²) in [5.41, 5.74) is 2.21. The molecule has 0 N–H and O–H groups in total. The van der Waals surface area contributed by atoms with E-state index in [2.05, 4.69) is 15.7 Å². The molecule has 2 aliphatic rings. The number of aromatic nitrogens is 2. The molecule has 3 rings (SSSR count). The molecule has 2 saturated carbocycles. The Hall–Kier alpha value is -0.360. The Bertz CT molecular complexity index is 321. The van der Waals surface area contributed by atoms with Gasteiger partial charge in [-0.3, -0.25) is 0 Å². The molecule has 0 saturated heterocycles. The van der Waals surface area contributed by atoms with Crippen LogP contribution in [0.25, 0.3) is 0 Å². The number of aryl methyl sites for hydroxylation is 1. The van der Waals surface area contributed by atoms with Gasteiger partial charge in [0.05, 0.1) is 6.33 Å². The summed E-state index contributed by atoms with van der Waals surface area (Å²) < 4.78 is 2.28. The summed E-state index contributed by atoms with van der Waals surface area (Å²) in [7, 11) is 0.284.